The second-order valence-electron chi connectivity index (χ2n) is 9.05. The minimum Gasteiger partial charge on any atom is -0.349 e. The number of hydrogen-bond donors (Lipinski definition) is 2. The van der Waals surface area contributed by atoms with Crippen molar-refractivity contribution in [2.75, 3.05) is 0 Å². The number of nitrogens with zero attached hydrogens (tertiary/aromatic N) is 4. The van der Waals surface area contributed by atoms with Gasteiger partial charge in [0.1, 0.15) is 18.2 Å². The normalized spacial score (nSPS) is 17.5. The van der Waals surface area contributed by atoms with Crippen LogP contribution in [0, 0.1) is 0 Å². The van der Waals surface area contributed by atoms with Crippen LogP contribution < -0.4 is 10.6 Å². The standard InChI is InChI=1S/C31H24N6/c1-3-13-27-23(9-1)24-10-2-4-14-28(24)37(27)22-17-15-21(16-18-22)29-34-30(25-11-5-7-19-32-25)36-31(35-29)26-12-6-8-20-33-26/h1-20,30-31,36H,(H,34,35). The molecule has 178 valence electrons. The van der Waals surface area contributed by atoms with Gasteiger partial charge in [0.15, 0.2) is 0 Å². The molecule has 0 bridgehead atoms. The van der Waals surface area contributed by atoms with Crippen molar-refractivity contribution in [3.8, 4) is 5.69 Å². The molecule has 7 rings (SSSR count). The SMILES string of the molecule is c1ccc(C2N=C(c3ccc(-n4c5ccccc5c5ccccc54)cc3)NC(c3ccccn3)N2)nc1. The van der Waals surface area contributed by atoms with Gasteiger partial charge in [-0.2, -0.15) is 0 Å². The molecule has 3 aromatic heterocycles. The molecule has 0 spiro atoms. The first-order valence-corrected chi connectivity index (χ1v) is 12.4. The number of nitrogens with one attached hydrogen (secondary N) is 2. The lowest BCUT2D eigenvalue weighted by molar-refractivity contribution is 0.396. The van der Waals surface area contributed by atoms with E-state index in [-0.39, 0.29) is 12.3 Å². The Hall–Kier alpha value is -4.81. The van der Waals surface area contributed by atoms with Crippen LogP contribution >= 0.6 is 0 Å². The van der Waals surface area contributed by atoms with Crippen LogP contribution in [0.4, 0.5) is 0 Å². The van der Waals surface area contributed by atoms with Crippen molar-refractivity contribution in [1.29, 1.82) is 0 Å². The fourth-order valence-electron chi connectivity index (χ4n) is 5.06. The van der Waals surface area contributed by atoms with Crippen molar-refractivity contribution >= 4 is 27.6 Å². The Morgan fingerprint density at radius 1 is 0.595 bits per heavy atom. The Labute approximate surface area is 214 Å². The van der Waals surface area contributed by atoms with E-state index in [0.717, 1.165) is 28.5 Å². The van der Waals surface area contributed by atoms with Gasteiger partial charge >= 0.3 is 0 Å². The maximum absolute atomic E-state index is 4.99. The van der Waals surface area contributed by atoms with E-state index in [4.69, 9.17) is 4.99 Å². The van der Waals surface area contributed by atoms with Gasteiger partial charge in [-0.25, -0.2) is 4.99 Å². The summed E-state index contributed by atoms with van der Waals surface area (Å²) in [4.78, 5) is 14.1. The Morgan fingerprint density at radius 2 is 1.19 bits per heavy atom. The summed E-state index contributed by atoms with van der Waals surface area (Å²) >= 11 is 0. The maximum atomic E-state index is 4.99. The number of para-hydroxylation sites is 2. The third-order valence-corrected chi connectivity index (χ3v) is 6.79. The summed E-state index contributed by atoms with van der Waals surface area (Å²) in [6.07, 6.45) is 3.12. The highest BCUT2D eigenvalue weighted by molar-refractivity contribution is 6.09. The number of aliphatic imine (C=N–C) groups is 1. The highest BCUT2D eigenvalue weighted by atomic mass is 15.3. The molecule has 4 heterocycles. The first-order valence-electron chi connectivity index (χ1n) is 12.4. The van der Waals surface area contributed by atoms with E-state index in [1.807, 2.05) is 36.4 Å². The average Bonchev–Trinajstić information content (AvgIpc) is 3.32. The molecular weight excluding hydrogens is 456 g/mol. The Bertz CT molecular complexity index is 1670. The fraction of sp³-hybridized carbons (Fsp3) is 0.0645. The first kappa shape index (κ1) is 21.5. The van der Waals surface area contributed by atoms with Gasteiger partial charge in [0.25, 0.3) is 0 Å². The minimum absolute atomic E-state index is 0.197. The zero-order chi connectivity index (χ0) is 24.6. The predicted molar refractivity (Wildman–Crippen MR) is 148 cm³/mol. The molecule has 6 heteroatoms. The molecule has 3 aromatic carbocycles. The summed E-state index contributed by atoms with van der Waals surface area (Å²) in [6.45, 7) is 0. The third kappa shape index (κ3) is 3.84. The van der Waals surface area contributed by atoms with Gasteiger partial charge in [-0.3, -0.25) is 15.3 Å². The van der Waals surface area contributed by atoms with Crippen LogP contribution in [0.25, 0.3) is 27.5 Å². The van der Waals surface area contributed by atoms with E-state index in [0.29, 0.717) is 0 Å². The van der Waals surface area contributed by atoms with Gasteiger partial charge in [-0.05, 0) is 60.7 Å². The summed E-state index contributed by atoms with van der Waals surface area (Å²) in [7, 11) is 0. The largest absolute Gasteiger partial charge is 0.349 e. The van der Waals surface area contributed by atoms with Crippen molar-refractivity contribution < 1.29 is 0 Å². The molecule has 0 amide bonds. The second-order valence-corrected chi connectivity index (χ2v) is 9.05. The second kappa shape index (κ2) is 9.00. The molecule has 1 aliphatic heterocycles. The monoisotopic (exact) mass is 480 g/mol. The molecule has 0 aliphatic carbocycles. The molecule has 37 heavy (non-hydrogen) atoms. The molecule has 2 atom stereocenters. The molecule has 0 saturated carbocycles. The number of aromatic nitrogens is 3. The molecule has 6 nitrogen and oxygen atoms in total. The van der Waals surface area contributed by atoms with Crippen LogP contribution in [0.3, 0.4) is 0 Å². The minimum atomic E-state index is -0.290. The van der Waals surface area contributed by atoms with Crippen molar-refractivity contribution in [1.82, 2.24) is 25.2 Å². The van der Waals surface area contributed by atoms with E-state index in [9.17, 15) is 0 Å². The van der Waals surface area contributed by atoms with Crippen molar-refractivity contribution in [3.63, 3.8) is 0 Å². The van der Waals surface area contributed by atoms with Gasteiger partial charge in [-0.1, -0.05) is 48.5 Å². The van der Waals surface area contributed by atoms with Gasteiger partial charge in [0.05, 0.1) is 22.4 Å². The average molecular weight is 481 g/mol. The number of amidine groups is 1. The summed E-state index contributed by atoms with van der Waals surface area (Å²) in [6, 6.07) is 37.5. The lowest BCUT2D eigenvalue weighted by Crippen LogP contribution is -2.45. The van der Waals surface area contributed by atoms with Crippen LogP contribution in [0.2, 0.25) is 0 Å². The van der Waals surface area contributed by atoms with Gasteiger partial charge < -0.3 is 9.88 Å². The summed E-state index contributed by atoms with van der Waals surface area (Å²) in [5.41, 5.74) is 6.27. The number of fused-ring (bicyclic) bond motifs is 3. The lowest BCUT2D eigenvalue weighted by atomic mass is 10.1. The van der Waals surface area contributed by atoms with Crippen LogP contribution in [0.15, 0.2) is 127 Å². The number of hydrogen-bond acceptors (Lipinski definition) is 5. The molecule has 0 saturated heterocycles. The van der Waals surface area contributed by atoms with E-state index < -0.39 is 0 Å². The third-order valence-electron chi connectivity index (χ3n) is 6.79. The van der Waals surface area contributed by atoms with Crippen LogP contribution in [-0.2, 0) is 0 Å². The quantitative estimate of drug-likeness (QED) is 0.329. The van der Waals surface area contributed by atoms with Crippen molar-refractivity contribution in [2.45, 2.75) is 12.3 Å². The molecule has 2 unspecified atom stereocenters. The van der Waals surface area contributed by atoms with Crippen LogP contribution in [0.1, 0.15) is 29.3 Å². The van der Waals surface area contributed by atoms with Gasteiger partial charge in [0, 0.05) is 34.4 Å². The summed E-state index contributed by atoms with van der Waals surface area (Å²) in [5.74, 6) is 0.804. The topological polar surface area (TPSA) is 67.1 Å². The van der Waals surface area contributed by atoms with Crippen LogP contribution in [-0.4, -0.2) is 20.4 Å². The lowest BCUT2D eigenvalue weighted by Gasteiger charge is -2.31. The molecule has 0 radical (unpaired) electrons. The molecule has 2 N–H and O–H groups in total. The zero-order valence-corrected chi connectivity index (χ0v) is 20.0. The van der Waals surface area contributed by atoms with Gasteiger partial charge in [-0.15, -0.1) is 0 Å². The number of pyridine rings is 2. The smallest absolute Gasteiger partial charge is 0.146 e. The van der Waals surface area contributed by atoms with Crippen molar-refractivity contribution in [2.24, 2.45) is 4.99 Å². The molecule has 0 fully saturated rings. The number of benzene rings is 3. The summed E-state index contributed by atoms with van der Waals surface area (Å²) in [5, 5.41) is 9.58. The van der Waals surface area contributed by atoms with E-state index in [1.54, 1.807) is 12.4 Å². The van der Waals surface area contributed by atoms with E-state index in [2.05, 4.69) is 98.0 Å². The molecular formula is C31H24N6. The van der Waals surface area contributed by atoms with E-state index >= 15 is 0 Å². The predicted octanol–water partition coefficient (Wildman–Crippen LogP) is 5.91. The highest BCUT2D eigenvalue weighted by Crippen LogP contribution is 2.32. The zero-order valence-electron chi connectivity index (χ0n) is 20.0. The van der Waals surface area contributed by atoms with Crippen LogP contribution in [0.5, 0.6) is 0 Å². The Balaban J connectivity index is 1.29. The van der Waals surface area contributed by atoms with Gasteiger partial charge in [0.2, 0.25) is 0 Å². The molecule has 1 aliphatic rings. The van der Waals surface area contributed by atoms with E-state index in [1.165, 1.54) is 21.8 Å². The Morgan fingerprint density at radius 3 is 1.81 bits per heavy atom. The summed E-state index contributed by atoms with van der Waals surface area (Å²) < 4.78 is 2.32. The van der Waals surface area contributed by atoms with Crippen molar-refractivity contribution in [3.05, 3.63) is 139 Å². The molecule has 6 aromatic rings. The number of rotatable bonds is 4. The Kier molecular flexibility index (Phi) is 5.22. The fourth-order valence-corrected chi connectivity index (χ4v) is 5.06. The first-order chi connectivity index (χ1) is 18.3. The highest BCUT2D eigenvalue weighted by Gasteiger charge is 2.26. The maximum Gasteiger partial charge on any atom is 0.146 e.